The minimum absolute atomic E-state index is 0.647. The van der Waals surface area contributed by atoms with Crippen LogP contribution >= 0.6 is 0 Å². The summed E-state index contributed by atoms with van der Waals surface area (Å²) in [5, 5.41) is 0. The zero-order valence-electron chi connectivity index (χ0n) is 16.8. The maximum Gasteiger partial charge on any atom is 0.0461 e. The molecule has 0 fully saturated rings. The van der Waals surface area contributed by atoms with Crippen LogP contribution in [0.25, 0.3) is 0 Å². The number of aromatic nitrogens is 1. The summed E-state index contributed by atoms with van der Waals surface area (Å²) in [7, 11) is 0. The van der Waals surface area contributed by atoms with Gasteiger partial charge in [0.05, 0.1) is 0 Å². The van der Waals surface area contributed by atoms with Gasteiger partial charge in [-0.2, -0.15) is 0 Å². The Kier molecular flexibility index (Phi) is 6.44. The Morgan fingerprint density at radius 3 is 2.00 bits per heavy atom. The molecule has 26 heavy (non-hydrogen) atoms. The zero-order chi connectivity index (χ0) is 18.5. The van der Waals surface area contributed by atoms with Crippen molar-refractivity contribution >= 4 is 0 Å². The number of nitrogens with zero attached hydrogens (tertiary/aromatic N) is 3. The van der Waals surface area contributed by atoms with Crippen LogP contribution in [-0.2, 0) is 25.9 Å². The Labute approximate surface area is 159 Å². The van der Waals surface area contributed by atoms with Crippen LogP contribution in [0, 0.1) is 0 Å². The van der Waals surface area contributed by atoms with Crippen LogP contribution in [0.3, 0.4) is 0 Å². The molecule has 2 aliphatic heterocycles. The van der Waals surface area contributed by atoms with Crippen molar-refractivity contribution in [2.75, 3.05) is 13.1 Å². The first-order valence-corrected chi connectivity index (χ1v) is 10.0. The first-order chi connectivity index (χ1) is 12.5. The van der Waals surface area contributed by atoms with Crippen LogP contribution in [0.5, 0.6) is 0 Å². The quantitative estimate of drug-likeness (QED) is 0.804. The van der Waals surface area contributed by atoms with Gasteiger partial charge >= 0.3 is 0 Å². The van der Waals surface area contributed by atoms with E-state index in [4.69, 9.17) is 0 Å². The smallest absolute Gasteiger partial charge is 0.0461 e. The molecule has 1 aromatic heterocycles. The molecule has 2 aromatic rings. The Hall–Kier alpha value is -1.71. The lowest BCUT2D eigenvalue weighted by Gasteiger charge is -2.31. The van der Waals surface area contributed by atoms with Crippen molar-refractivity contribution in [2.24, 2.45) is 0 Å². The molecule has 140 valence electrons. The largest absolute Gasteiger partial charge is 0.296 e. The van der Waals surface area contributed by atoms with E-state index >= 15 is 0 Å². The molecule has 3 heterocycles. The molecular weight excluding hydrogens is 318 g/mol. The molecule has 3 heteroatoms. The number of pyridine rings is 1. The normalized spacial score (nSPS) is 17.5. The van der Waals surface area contributed by atoms with E-state index in [0.717, 1.165) is 26.1 Å². The molecule has 0 amide bonds. The molecule has 0 radical (unpaired) electrons. The van der Waals surface area contributed by atoms with E-state index in [9.17, 15) is 0 Å². The van der Waals surface area contributed by atoms with Crippen LogP contribution in [0.1, 0.15) is 50.1 Å². The highest BCUT2D eigenvalue weighted by molar-refractivity contribution is 5.29. The maximum absolute atomic E-state index is 4.39. The summed E-state index contributed by atoms with van der Waals surface area (Å²) in [5.41, 5.74) is 5.75. The van der Waals surface area contributed by atoms with Gasteiger partial charge in [0.2, 0.25) is 0 Å². The van der Waals surface area contributed by atoms with Gasteiger partial charge in [-0.15, -0.1) is 0 Å². The lowest BCUT2D eigenvalue weighted by atomic mass is 9.99. The van der Waals surface area contributed by atoms with E-state index in [-0.39, 0.29) is 0 Å². The van der Waals surface area contributed by atoms with Crippen molar-refractivity contribution in [1.82, 2.24) is 14.8 Å². The fourth-order valence-corrected chi connectivity index (χ4v) is 3.79. The number of hydrogen-bond acceptors (Lipinski definition) is 3. The molecule has 0 bridgehead atoms. The van der Waals surface area contributed by atoms with E-state index in [1.165, 1.54) is 29.8 Å². The van der Waals surface area contributed by atoms with Crippen LogP contribution in [0.4, 0.5) is 0 Å². The molecule has 0 N–H and O–H groups in total. The summed E-state index contributed by atoms with van der Waals surface area (Å²) >= 11 is 0. The summed E-state index contributed by atoms with van der Waals surface area (Å²) in [6.07, 6.45) is 4.21. The standard InChI is InChI=1S/C12H17N.C11H16N2/c1-10(2)13-8-7-11-5-3-4-6-12(11)9-13;1-9(2)13-7-5-11-10(8-13)4-3-6-12-11/h3-6,10H,7-9H2,1-2H3;3-4,6,9H,5,7-8H2,1-2H3. The molecule has 1 aromatic carbocycles. The molecule has 0 atom stereocenters. The van der Waals surface area contributed by atoms with Crippen molar-refractivity contribution in [2.45, 2.75) is 65.7 Å². The lowest BCUT2D eigenvalue weighted by molar-refractivity contribution is 0.202. The van der Waals surface area contributed by atoms with Gasteiger partial charge in [-0.1, -0.05) is 30.3 Å². The summed E-state index contributed by atoms with van der Waals surface area (Å²) in [4.78, 5) is 9.41. The first kappa shape index (κ1) is 19.1. The maximum atomic E-state index is 4.39. The second-order valence-corrected chi connectivity index (χ2v) is 8.01. The summed E-state index contributed by atoms with van der Waals surface area (Å²) in [5.74, 6) is 0. The molecule has 0 unspecified atom stereocenters. The third-order valence-corrected chi connectivity index (χ3v) is 5.61. The Balaban J connectivity index is 0.000000151. The summed E-state index contributed by atoms with van der Waals surface area (Å²) < 4.78 is 0. The van der Waals surface area contributed by atoms with E-state index < -0.39 is 0 Å². The second-order valence-electron chi connectivity index (χ2n) is 8.01. The Bertz CT molecular complexity index is 647. The molecule has 2 aliphatic rings. The van der Waals surface area contributed by atoms with Crippen molar-refractivity contribution < 1.29 is 0 Å². The molecular formula is C23H33N3. The van der Waals surface area contributed by atoms with Gasteiger partial charge in [0.15, 0.2) is 0 Å². The monoisotopic (exact) mass is 351 g/mol. The van der Waals surface area contributed by atoms with Crippen molar-refractivity contribution in [3.8, 4) is 0 Å². The molecule has 4 rings (SSSR count). The number of rotatable bonds is 2. The first-order valence-electron chi connectivity index (χ1n) is 10.0. The van der Waals surface area contributed by atoms with Gasteiger partial charge in [0.1, 0.15) is 0 Å². The third-order valence-electron chi connectivity index (χ3n) is 5.61. The highest BCUT2D eigenvalue weighted by atomic mass is 15.2. The molecule has 0 spiro atoms. The summed E-state index contributed by atoms with van der Waals surface area (Å²) in [6, 6.07) is 14.3. The van der Waals surface area contributed by atoms with Crippen LogP contribution in [0.2, 0.25) is 0 Å². The minimum atomic E-state index is 0.647. The van der Waals surface area contributed by atoms with Crippen LogP contribution in [0.15, 0.2) is 42.6 Å². The van der Waals surface area contributed by atoms with Crippen molar-refractivity contribution in [3.05, 3.63) is 65.0 Å². The van der Waals surface area contributed by atoms with Gasteiger partial charge in [-0.25, -0.2) is 0 Å². The molecule has 3 nitrogen and oxygen atoms in total. The Morgan fingerprint density at radius 2 is 1.31 bits per heavy atom. The number of fused-ring (bicyclic) bond motifs is 2. The van der Waals surface area contributed by atoms with Gasteiger partial charge in [0.25, 0.3) is 0 Å². The fraction of sp³-hybridized carbons (Fsp3) is 0.522. The summed E-state index contributed by atoms with van der Waals surface area (Å²) in [6.45, 7) is 13.6. The zero-order valence-corrected chi connectivity index (χ0v) is 16.8. The van der Waals surface area contributed by atoms with E-state index in [2.05, 4.69) is 72.8 Å². The second kappa shape index (κ2) is 8.79. The predicted octanol–water partition coefficient (Wildman–Crippen LogP) is 4.30. The van der Waals surface area contributed by atoms with Crippen molar-refractivity contribution in [3.63, 3.8) is 0 Å². The van der Waals surface area contributed by atoms with E-state index in [1.807, 2.05) is 12.3 Å². The van der Waals surface area contributed by atoms with E-state index in [0.29, 0.717) is 12.1 Å². The molecule has 0 saturated carbocycles. The fourth-order valence-electron chi connectivity index (χ4n) is 3.79. The minimum Gasteiger partial charge on any atom is -0.296 e. The Morgan fingerprint density at radius 1 is 0.731 bits per heavy atom. The van der Waals surface area contributed by atoms with Gasteiger partial charge in [0, 0.05) is 56.6 Å². The average Bonchev–Trinajstić information content (AvgIpc) is 2.67. The van der Waals surface area contributed by atoms with E-state index in [1.54, 1.807) is 5.56 Å². The van der Waals surface area contributed by atoms with Gasteiger partial charge in [-0.3, -0.25) is 14.8 Å². The topological polar surface area (TPSA) is 19.4 Å². The van der Waals surface area contributed by atoms with Crippen molar-refractivity contribution in [1.29, 1.82) is 0 Å². The highest BCUT2D eigenvalue weighted by Crippen LogP contribution is 2.20. The average molecular weight is 352 g/mol. The van der Waals surface area contributed by atoms with Crippen LogP contribution in [-0.4, -0.2) is 40.0 Å². The SMILES string of the molecule is CC(C)N1CCc2ccccc2C1.CC(C)N1CCc2ncccc2C1. The number of hydrogen-bond donors (Lipinski definition) is 0. The third kappa shape index (κ3) is 4.72. The van der Waals surface area contributed by atoms with Gasteiger partial charge in [-0.05, 0) is 56.9 Å². The lowest BCUT2D eigenvalue weighted by Crippen LogP contribution is -2.36. The van der Waals surface area contributed by atoms with Crippen LogP contribution < -0.4 is 0 Å². The molecule has 0 saturated heterocycles. The predicted molar refractivity (Wildman–Crippen MR) is 109 cm³/mol. The number of benzene rings is 1. The molecule has 0 aliphatic carbocycles. The van der Waals surface area contributed by atoms with Gasteiger partial charge < -0.3 is 0 Å². The highest BCUT2D eigenvalue weighted by Gasteiger charge is 2.18.